The maximum atomic E-state index is 11.4. The van der Waals surface area contributed by atoms with Gasteiger partial charge in [0.15, 0.2) is 0 Å². The number of nitrogens with zero attached hydrogens (tertiary/aromatic N) is 2. The van der Waals surface area contributed by atoms with E-state index in [9.17, 15) is 4.79 Å². The van der Waals surface area contributed by atoms with Gasteiger partial charge in [0.05, 0.1) is 5.92 Å². The van der Waals surface area contributed by atoms with Gasteiger partial charge in [0.25, 0.3) is 0 Å². The zero-order valence-electron chi connectivity index (χ0n) is 10.1. The van der Waals surface area contributed by atoms with Crippen LogP contribution in [0.5, 0.6) is 0 Å². The van der Waals surface area contributed by atoms with Gasteiger partial charge in [-0.25, -0.2) is 10.8 Å². The number of nitrogens with one attached hydrogen (secondary N) is 1. The number of amides is 1. The first-order valence-electron chi connectivity index (χ1n) is 5.64. The Morgan fingerprint density at radius 1 is 1.62 bits per heavy atom. The molecule has 90 valence electrons. The second-order valence-corrected chi connectivity index (χ2v) is 4.04. The van der Waals surface area contributed by atoms with Gasteiger partial charge in [-0.05, 0) is 13.3 Å². The summed E-state index contributed by atoms with van der Waals surface area (Å²) >= 11 is 0. The minimum Gasteiger partial charge on any atom is -0.331 e. The van der Waals surface area contributed by atoms with E-state index in [0.29, 0.717) is 0 Å². The number of hydrazine groups is 1. The van der Waals surface area contributed by atoms with Crippen molar-refractivity contribution in [3.8, 4) is 0 Å². The number of hydrogen-bond acceptors (Lipinski definition) is 3. The molecule has 1 amide bonds. The highest BCUT2D eigenvalue weighted by atomic mass is 16.2. The quantitative estimate of drug-likeness (QED) is 0.445. The first-order chi connectivity index (χ1) is 7.61. The molecular weight excluding hydrogens is 204 g/mol. The summed E-state index contributed by atoms with van der Waals surface area (Å²) in [5.41, 5.74) is 2.19. The van der Waals surface area contributed by atoms with E-state index in [4.69, 9.17) is 5.84 Å². The van der Waals surface area contributed by atoms with Crippen molar-refractivity contribution in [3.63, 3.8) is 0 Å². The fourth-order valence-corrected chi connectivity index (χ4v) is 1.72. The number of rotatable bonds is 5. The van der Waals surface area contributed by atoms with E-state index in [2.05, 4.69) is 17.3 Å². The van der Waals surface area contributed by atoms with Crippen molar-refractivity contribution >= 4 is 5.91 Å². The molecule has 5 nitrogen and oxygen atoms in total. The van der Waals surface area contributed by atoms with Gasteiger partial charge < -0.3 is 4.57 Å². The van der Waals surface area contributed by atoms with Gasteiger partial charge in [0, 0.05) is 24.9 Å². The number of imidazole rings is 1. The molecule has 0 aliphatic carbocycles. The minimum atomic E-state index is -0.171. The third-order valence-electron chi connectivity index (χ3n) is 2.94. The topological polar surface area (TPSA) is 72.9 Å². The molecule has 1 heterocycles. The second kappa shape index (κ2) is 5.65. The molecule has 0 aliphatic heterocycles. The molecule has 0 saturated heterocycles. The van der Waals surface area contributed by atoms with Crippen LogP contribution in [0.15, 0.2) is 12.4 Å². The maximum absolute atomic E-state index is 11.4. The largest absolute Gasteiger partial charge is 0.331 e. The first kappa shape index (κ1) is 12.7. The summed E-state index contributed by atoms with van der Waals surface area (Å²) in [4.78, 5) is 15.7. The van der Waals surface area contributed by atoms with E-state index in [1.807, 2.05) is 24.6 Å². The number of aromatic nitrogens is 2. The van der Waals surface area contributed by atoms with Crippen molar-refractivity contribution in [2.45, 2.75) is 39.7 Å². The Kier molecular flexibility index (Phi) is 4.49. The standard InChI is InChI=1S/C11H20N4O/c1-4-5-10-13-6-7-15(10)9(3)8(2)11(16)14-12/h6-9H,4-5,12H2,1-3H3,(H,14,16). The first-order valence-corrected chi connectivity index (χ1v) is 5.64. The third-order valence-corrected chi connectivity index (χ3v) is 2.94. The highest BCUT2D eigenvalue weighted by Crippen LogP contribution is 2.19. The van der Waals surface area contributed by atoms with Crippen molar-refractivity contribution in [3.05, 3.63) is 18.2 Å². The van der Waals surface area contributed by atoms with Crippen molar-refractivity contribution in [2.24, 2.45) is 11.8 Å². The van der Waals surface area contributed by atoms with Gasteiger partial charge in [-0.2, -0.15) is 0 Å². The fraction of sp³-hybridized carbons (Fsp3) is 0.636. The predicted octanol–water partition coefficient (Wildman–Crippen LogP) is 1.02. The van der Waals surface area contributed by atoms with Crippen LogP contribution < -0.4 is 11.3 Å². The summed E-state index contributed by atoms with van der Waals surface area (Å²) < 4.78 is 2.05. The molecule has 0 fully saturated rings. The number of carbonyl (C=O) groups is 1. The maximum Gasteiger partial charge on any atom is 0.238 e. The normalized spacial score (nSPS) is 14.5. The Hall–Kier alpha value is -1.36. The monoisotopic (exact) mass is 224 g/mol. The van der Waals surface area contributed by atoms with Crippen molar-refractivity contribution in [2.75, 3.05) is 0 Å². The summed E-state index contributed by atoms with van der Waals surface area (Å²) in [6, 6.07) is 0.0626. The van der Waals surface area contributed by atoms with Crippen LogP contribution in [-0.2, 0) is 11.2 Å². The Bertz CT molecular complexity index is 348. The lowest BCUT2D eigenvalue weighted by Crippen LogP contribution is -2.38. The SMILES string of the molecule is CCCc1nccn1C(C)C(C)C(=O)NN. The van der Waals surface area contributed by atoms with Crippen molar-refractivity contribution in [1.82, 2.24) is 15.0 Å². The van der Waals surface area contributed by atoms with E-state index in [1.54, 1.807) is 6.20 Å². The minimum absolute atomic E-state index is 0.0626. The lowest BCUT2D eigenvalue weighted by Gasteiger charge is -2.21. The Morgan fingerprint density at radius 3 is 2.88 bits per heavy atom. The zero-order chi connectivity index (χ0) is 12.1. The Labute approximate surface area is 96.0 Å². The number of carbonyl (C=O) groups excluding carboxylic acids is 1. The van der Waals surface area contributed by atoms with E-state index in [-0.39, 0.29) is 17.9 Å². The molecule has 2 unspecified atom stereocenters. The molecule has 1 aromatic heterocycles. The van der Waals surface area contributed by atoms with E-state index >= 15 is 0 Å². The van der Waals surface area contributed by atoms with Crippen LogP contribution >= 0.6 is 0 Å². The van der Waals surface area contributed by atoms with Gasteiger partial charge in [0.2, 0.25) is 5.91 Å². The number of hydrogen-bond donors (Lipinski definition) is 2. The molecule has 0 spiro atoms. The van der Waals surface area contributed by atoms with Gasteiger partial charge in [0.1, 0.15) is 5.82 Å². The molecule has 0 aromatic carbocycles. The van der Waals surface area contributed by atoms with Crippen LogP contribution in [0.3, 0.4) is 0 Å². The van der Waals surface area contributed by atoms with Crippen molar-refractivity contribution in [1.29, 1.82) is 0 Å². The average molecular weight is 224 g/mol. The van der Waals surface area contributed by atoms with E-state index < -0.39 is 0 Å². The molecule has 0 radical (unpaired) electrons. The molecule has 5 heteroatoms. The summed E-state index contributed by atoms with van der Waals surface area (Å²) in [7, 11) is 0. The van der Waals surface area contributed by atoms with Gasteiger partial charge >= 0.3 is 0 Å². The summed E-state index contributed by atoms with van der Waals surface area (Å²) in [5, 5.41) is 0. The fourth-order valence-electron chi connectivity index (χ4n) is 1.72. The van der Waals surface area contributed by atoms with Crippen LogP contribution in [0.25, 0.3) is 0 Å². The molecule has 1 rings (SSSR count). The molecule has 16 heavy (non-hydrogen) atoms. The average Bonchev–Trinajstić information content (AvgIpc) is 2.74. The smallest absolute Gasteiger partial charge is 0.238 e. The van der Waals surface area contributed by atoms with Crippen LogP contribution in [0.1, 0.15) is 39.1 Å². The van der Waals surface area contributed by atoms with Crippen LogP contribution in [0.2, 0.25) is 0 Å². The highest BCUT2D eigenvalue weighted by Gasteiger charge is 2.22. The Balaban J connectivity index is 2.82. The van der Waals surface area contributed by atoms with Crippen molar-refractivity contribution < 1.29 is 4.79 Å². The lowest BCUT2D eigenvalue weighted by molar-refractivity contribution is -0.125. The molecule has 0 aliphatic rings. The van der Waals surface area contributed by atoms with Gasteiger partial charge in [-0.1, -0.05) is 13.8 Å². The van der Waals surface area contributed by atoms with Crippen LogP contribution in [0.4, 0.5) is 0 Å². The number of nitrogens with two attached hydrogens (primary N) is 1. The number of aryl methyl sites for hydroxylation is 1. The van der Waals surface area contributed by atoms with Gasteiger partial charge in [-0.15, -0.1) is 0 Å². The third kappa shape index (κ3) is 2.61. The van der Waals surface area contributed by atoms with Crippen LogP contribution in [-0.4, -0.2) is 15.5 Å². The molecule has 1 aromatic rings. The molecule has 0 bridgehead atoms. The summed E-state index contributed by atoms with van der Waals surface area (Å²) in [6.07, 6.45) is 5.65. The highest BCUT2D eigenvalue weighted by molar-refractivity contribution is 5.78. The lowest BCUT2D eigenvalue weighted by atomic mass is 10.0. The molecule has 0 saturated carbocycles. The summed E-state index contributed by atoms with van der Waals surface area (Å²) in [6.45, 7) is 5.98. The van der Waals surface area contributed by atoms with E-state index in [1.165, 1.54) is 0 Å². The zero-order valence-corrected chi connectivity index (χ0v) is 10.1. The summed E-state index contributed by atoms with van der Waals surface area (Å²) in [5.74, 6) is 5.84. The molecular formula is C11H20N4O. The van der Waals surface area contributed by atoms with E-state index in [0.717, 1.165) is 18.7 Å². The second-order valence-electron chi connectivity index (χ2n) is 4.04. The van der Waals surface area contributed by atoms with Gasteiger partial charge in [-0.3, -0.25) is 10.2 Å². The van der Waals surface area contributed by atoms with Crippen LogP contribution in [0, 0.1) is 5.92 Å². The predicted molar refractivity (Wildman–Crippen MR) is 62.4 cm³/mol. The molecule has 3 N–H and O–H groups in total. The Morgan fingerprint density at radius 2 is 2.31 bits per heavy atom. The molecule has 2 atom stereocenters.